The summed E-state index contributed by atoms with van der Waals surface area (Å²) in [4.78, 5) is 24.9. The predicted molar refractivity (Wildman–Crippen MR) is 230 cm³/mol. The van der Waals surface area contributed by atoms with Gasteiger partial charge >= 0.3 is 11.9 Å². The maximum absolute atomic E-state index is 12.6. The maximum atomic E-state index is 12.6. The van der Waals surface area contributed by atoms with Crippen LogP contribution in [0.5, 0.6) is 0 Å². The number of esters is 2. The van der Waals surface area contributed by atoms with E-state index < -0.39 is 0 Å². The van der Waals surface area contributed by atoms with E-state index in [0.29, 0.717) is 24.0 Å². The number of ether oxygens (including phenoxy) is 2. The molecule has 0 amide bonds. The number of aliphatic hydroxyl groups is 2. The first-order valence-electron chi connectivity index (χ1n) is 22.9. The van der Waals surface area contributed by atoms with Gasteiger partial charge in [0.05, 0.1) is 11.9 Å². The molecule has 0 radical (unpaired) electrons. The van der Waals surface area contributed by atoms with Crippen LogP contribution < -0.4 is 5.32 Å². The van der Waals surface area contributed by atoms with Gasteiger partial charge in [0.15, 0.2) is 0 Å². The van der Waals surface area contributed by atoms with Crippen molar-refractivity contribution >= 4 is 23.7 Å². The molecule has 1 unspecified atom stereocenters. The van der Waals surface area contributed by atoms with Crippen LogP contribution in [-0.2, 0) is 40.1 Å². The first-order valence-corrected chi connectivity index (χ1v) is 23.9. The van der Waals surface area contributed by atoms with Crippen molar-refractivity contribution in [3.05, 3.63) is 0 Å². The molecule has 324 valence electrons. The molecule has 1 rings (SSSR count). The molecule has 0 bridgehead atoms. The van der Waals surface area contributed by atoms with Gasteiger partial charge in [-0.2, -0.15) is 0 Å². The summed E-state index contributed by atoms with van der Waals surface area (Å²) in [6.45, 7) is 15.1. The second-order valence-corrected chi connectivity index (χ2v) is 16.3. The Morgan fingerprint density at radius 1 is 0.593 bits per heavy atom. The molecule has 1 fully saturated rings. The van der Waals surface area contributed by atoms with E-state index in [9.17, 15) is 14.7 Å². The van der Waals surface area contributed by atoms with Gasteiger partial charge in [-0.25, -0.2) is 0 Å². The Balaban J connectivity index is -0.00000172. The fourth-order valence-electron chi connectivity index (χ4n) is 6.56. The van der Waals surface area contributed by atoms with Gasteiger partial charge in [-0.15, -0.1) is 11.8 Å². The summed E-state index contributed by atoms with van der Waals surface area (Å²) in [6.07, 6.45) is 31.3. The SMILES string of the molecule is CC.CCCCC(CCCC)OC(=O)CCCCCCCCC(CCCCCCCCO)OC(=O)CSC1CCNCC1.CCCCC(O)CCCC.[W]. The molecular weight excluding hydrogens is 866 g/mol. The van der Waals surface area contributed by atoms with Crippen molar-refractivity contribution in [1.29, 1.82) is 0 Å². The summed E-state index contributed by atoms with van der Waals surface area (Å²) in [5.41, 5.74) is 0. The Morgan fingerprint density at radius 2 is 0.981 bits per heavy atom. The number of carbonyl (C=O) groups excluding carboxylic acids is 2. The Labute approximate surface area is 354 Å². The molecular formula is C45H91NO6SW. The van der Waals surface area contributed by atoms with Crippen molar-refractivity contribution in [2.75, 3.05) is 25.4 Å². The van der Waals surface area contributed by atoms with E-state index in [4.69, 9.17) is 14.6 Å². The molecule has 1 heterocycles. The summed E-state index contributed by atoms with van der Waals surface area (Å²) in [6, 6.07) is 0. The molecule has 1 saturated heterocycles. The number of carbonyl (C=O) groups is 2. The number of piperidine rings is 1. The summed E-state index contributed by atoms with van der Waals surface area (Å²) in [5.74, 6) is 0.418. The second kappa shape index (κ2) is 47.2. The van der Waals surface area contributed by atoms with E-state index in [2.05, 4.69) is 33.0 Å². The molecule has 3 N–H and O–H groups in total. The van der Waals surface area contributed by atoms with Crippen molar-refractivity contribution in [2.45, 2.75) is 251 Å². The molecule has 9 heteroatoms. The zero-order valence-electron chi connectivity index (χ0n) is 36.5. The normalized spacial score (nSPS) is 13.4. The average molecular weight is 958 g/mol. The van der Waals surface area contributed by atoms with Crippen LogP contribution >= 0.6 is 11.8 Å². The molecule has 0 aromatic carbocycles. The van der Waals surface area contributed by atoms with Crippen LogP contribution in [0.25, 0.3) is 0 Å². The van der Waals surface area contributed by atoms with Gasteiger partial charge in [-0.3, -0.25) is 9.59 Å². The molecule has 0 aromatic rings. The van der Waals surface area contributed by atoms with E-state index in [1.807, 2.05) is 13.8 Å². The smallest absolute Gasteiger partial charge is 0.316 e. The number of nitrogens with one attached hydrogen (secondary N) is 1. The standard InChI is InChI=1S/C34H65NO5S.C9H20O.C2H6.W/c1-3-5-19-30(20-6-4-2)39-33(37)23-17-13-8-7-11-15-21-31(22-16-12-9-10-14-18-28-36)40-34(38)29-41-32-24-26-35-27-25-32;1-3-5-7-9(10)8-6-4-2;1-2;/h30-32,35-36H,3-29H2,1-2H3;9-10H,3-8H2,1-2H3;1-2H3;. The quantitative estimate of drug-likeness (QED) is 0.0433. The topological polar surface area (TPSA) is 105 Å². The Bertz CT molecular complexity index is 742. The Kier molecular flexibility index (Phi) is 50.9. The summed E-state index contributed by atoms with van der Waals surface area (Å²) < 4.78 is 11.8. The van der Waals surface area contributed by atoms with Crippen molar-refractivity contribution in [3.8, 4) is 0 Å². The van der Waals surface area contributed by atoms with E-state index in [1.54, 1.807) is 11.8 Å². The van der Waals surface area contributed by atoms with E-state index in [-0.39, 0.29) is 51.3 Å². The van der Waals surface area contributed by atoms with Crippen LogP contribution in [0.3, 0.4) is 0 Å². The Hall–Kier alpha value is -0.142. The van der Waals surface area contributed by atoms with E-state index >= 15 is 0 Å². The third-order valence-corrected chi connectivity index (χ3v) is 11.3. The van der Waals surface area contributed by atoms with Crippen molar-refractivity contribution in [2.24, 2.45) is 0 Å². The number of hydrogen-bond acceptors (Lipinski definition) is 8. The zero-order chi connectivity index (χ0) is 39.6. The Morgan fingerprint density at radius 3 is 1.44 bits per heavy atom. The minimum Gasteiger partial charge on any atom is -0.462 e. The minimum atomic E-state index is -0.0417. The fraction of sp³-hybridized carbons (Fsp3) is 0.956. The molecule has 0 spiro atoms. The van der Waals surface area contributed by atoms with Crippen LogP contribution in [0.1, 0.15) is 228 Å². The van der Waals surface area contributed by atoms with Gasteiger partial charge < -0.3 is 25.0 Å². The fourth-order valence-corrected chi connectivity index (χ4v) is 7.57. The summed E-state index contributed by atoms with van der Waals surface area (Å²) in [5, 5.41) is 22.2. The average Bonchev–Trinajstić information content (AvgIpc) is 3.18. The largest absolute Gasteiger partial charge is 0.462 e. The number of rotatable bonds is 34. The van der Waals surface area contributed by atoms with Gasteiger partial charge in [0, 0.05) is 39.3 Å². The van der Waals surface area contributed by atoms with Gasteiger partial charge in [0.1, 0.15) is 12.2 Å². The predicted octanol–water partition coefficient (Wildman–Crippen LogP) is 12.3. The monoisotopic (exact) mass is 958 g/mol. The second-order valence-electron chi connectivity index (χ2n) is 15.0. The number of unbranched alkanes of at least 4 members (excludes halogenated alkanes) is 14. The third-order valence-electron chi connectivity index (χ3n) is 9.95. The first kappa shape index (κ1) is 58.2. The van der Waals surface area contributed by atoms with Crippen LogP contribution in [0.15, 0.2) is 0 Å². The van der Waals surface area contributed by atoms with Gasteiger partial charge in [0.25, 0.3) is 0 Å². The molecule has 1 atom stereocenters. The summed E-state index contributed by atoms with van der Waals surface area (Å²) in [7, 11) is 0. The van der Waals surface area contributed by atoms with Crippen LogP contribution in [0, 0.1) is 0 Å². The molecule has 0 saturated carbocycles. The van der Waals surface area contributed by atoms with Gasteiger partial charge in [-0.05, 0) is 90.1 Å². The van der Waals surface area contributed by atoms with Crippen molar-refractivity contribution in [1.82, 2.24) is 5.32 Å². The van der Waals surface area contributed by atoms with E-state index in [1.165, 1.54) is 51.4 Å². The van der Waals surface area contributed by atoms with Gasteiger partial charge in [0.2, 0.25) is 0 Å². The molecule has 1 aliphatic rings. The van der Waals surface area contributed by atoms with E-state index in [0.717, 1.165) is 142 Å². The van der Waals surface area contributed by atoms with Crippen molar-refractivity contribution < 1.29 is 50.3 Å². The van der Waals surface area contributed by atoms with Crippen molar-refractivity contribution in [3.63, 3.8) is 0 Å². The molecule has 54 heavy (non-hydrogen) atoms. The number of hydrogen-bond donors (Lipinski definition) is 3. The minimum absolute atomic E-state index is 0. The van der Waals surface area contributed by atoms with Gasteiger partial charge in [-0.1, -0.05) is 144 Å². The van der Waals surface area contributed by atoms with Crippen LogP contribution in [-0.4, -0.2) is 71.2 Å². The van der Waals surface area contributed by atoms with Crippen LogP contribution in [0.2, 0.25) is 0 Å². The first-order chi connectivity index (χ1) is 25.9. The van der Waals surface area contributed by atoms with Crippen LogP contribution in [0.4, 0.5) is 0 Å². The number of aliphatic hydroxyl groups excluding tert-OH is 2. The third kappa shape index (κ3) is 41.5. The summed E-state index contributed by atoms with van der Waals surface area (Å²) >= 11 is 1.77. The molecule has 7 nitrogen and oxygen atoms in total. The molecule has 0 aliphatic carbocycles. The molecule has 1 aliphatic heterocycles. The zero-order valence-corrected chi connectivity index (χ0v) is 40.2. The maximum Gasteiger partial charge on any atom is 0.316 e. The molecule has 0 aromatic heterocycles. The number of thioether (sulfide) groups is 1.